The van der Waals surface area contributed by atoms with E-state index in [1.165, 1.54) is 19.9 Å². The highest BCUT2D eigenvalue weighted by atomic mass is 32.2. The first-order valence-electron chi connectivity index (χ1n) is 7.41. The molecule has 140 valence electrons. The van der Waals surface area contributed by atoms with Crippen LogP contribution in [0, 0.1) is 17.1 Å². The fourth-order valence-corrected chi connectivity index (χ4v) is 3.53. The van der Waals surface area contributed by atoms with Crippen LogP contribution in [-0.4, -0.2) is 29.0 Å². The summed E-state index contributed by atoms with van der Waals surface area (Å²) in [6.07, 6.45) is -5.86. The molecular weight excluding hydrogens is 377 g/mol. The highest BCUT2D eigenvalue weighted by Gasteiger charge is 2.52. The second-order valence-electron chi connectivity index (χ2n) is 5.44. The Morgan fingerprint density at radius 3 is 2.58 bits per heavy atom. The maximum atomic E-state index is 13.8. The molecule has 2 unspecified atom stereocenters. The van der Waals surface area contributed by atoms with Gasteiger partial charge in [-0.3, -0.25) is 0 Å². The number of halogens is 5. The van der Waals surface area contributed by atoms with Crippen LogP contribution in [-0.2, 0) is 0 Å². The number of hydrogen-bond donors (Lipinski definition) is 1. The van der Waals surface area contributed by atoms with Crippen molar-refractivity contribution in [2.75, 3.05) is 0 Å². The number of thioether (sulfide) groups is 1. The highest BCUT2D eigenvalue weighted by Crippen LogP contribution is 2.53. The van der Waals surface area contributed by atoms with Gasteiger partial charge in [-0.15, -0.1) is 0 Å². The molecule has 26 heavy (non-hydrogen) atoms. The number of rotatable bonds is 4. The van der Waals surface area contributed by atoms with E-state index in [1.54, 1.807) is 6.07 Å². The lowest BCUT2D eigenvalue weighted by Gasteiger charge is -2.22. The number of nitrogens with zero attached hydrogens (tertiary/aromatic N) is 1. The van der Waals surface area contributed by atoms with Gasteiger partial charge in [-0.25, -0.2) is 13.2 Å². The van der Waals surface area contributed by atoms with Gasteiger partial charge in [0, 0.05) is 22.1 Å². The number of aliphatic hydroxyl groups excluding tert-OH is 1. The Hall–Kier alpha value is -2.05. The first-order chi connectivity index (χ1) is 12.1. The lowest BCUT2D eigenvalue weighted by molar-refractivity contribution is -0.00837. The number of benzene rings is 1. The van der Waals surface area contributed by atoms with Crippen molar-refractivity contribution >= 4 is 11.8 Å². The summed E-state index contributed by atoms with van der Waals surface area (Å²) >= 11 is -0.0100. The van der Waals surface area contributed by atoms with Crippen LogP contribution in [0.15, 0.2) is 40.3 Å². The standard InChI is InChI=1S/C17H14F5NO2S/c1-3-12-14(15(24)17(21,22)26-12)13(16(19)20)8(2)25-11-5-9(7-23)4-10(18)6-11/h3-6,8,15-16,24H,1-2H3/b12-3+,14-13-. The third-order valence-electron chi connectivity index (χ3n) is 3.66. The smallest absolute Gasteiger partial charge is 0.327 e. The monoisotopic (exact) mass is 391 g/mol. The predicted molar refractivity (Wildman–Crippen MR) is 86.5 cm³/mol. The maximum absolute atomic E-state index is 13.8. The van der Waals surface area contributed by atoms with Crippen molar-refractivity contribution in [3.05, 3.63) is 51.7 Å². The van der Waals surface area contributed by atoms with Crippen molar-refractivity contribution in [3.8, 4) is 11.8 Å². The molecule has 1 aliphatic rings. The Morgan fingerprint density at radius 2 is 2.04 bits per heavy atom. The molecule has 0 saturated carbocycles. The molecule has 1 fully saturated rings. The zero-order valence-electron chi connectivity index (χ0n) is 13.6. The van der Waals surface area contributed by atoms with Crippen LogP contribution < -0.4 is 4.74 Å². The molecule has 0 spiro atoms. The molecule has 1 heterocycles. The Kier molecular flexibility index (Phi) is 5.98. The number of nitriles is 1. The van der Waals surface area contributed by atoms with Crippen molar-refractivity contribution in [2.45, 2.75) is 37.7 Å². The molecule has 3 nitrogen and oxygen atoms in total. The zero-order valence-corrected chi connectivity index (χ0v) is 14.5. The average molecular weight is 391 g/mol. The Bertz CT molecular complexity index is 801. The predicted octanol–water partition coefficient (Wildman–Crippen LogP) is 4.63. The second-order valence-corrected chi connectivity index (χ2v) is 6.62. The molecule has 1 N–H and O–H groups in total. The summed E-state index contributed by atoms with van der Waals surface area (Å²) in [5, 5.41) is 15.0. The van der Waals surface area contributed by atoms with E-state index in [-0.39, 0.29) is 28.0 Å². The lowest BCUT2D eigenvalue weighted by Crippen LogP contribution is -2.30. The van der Waals surface area contributed by atoms with Crippen molar-refractivity contribution in [3.63, 3.8) is 0 Å². The number of aliphatic hydroxyl groups is 1. The van der Waals surface area contributed by atoms with Crippen molar-refractivity contribution in [2.24, 2.45) is 0 Å². The van der Waals surface area contributed by atoms with Crippen LogP contribution in [0.3, 0.4) is 0 Å². The van der Waals surface area contributed by atoms with Crippen LogP contribution in [0.4, 0.5) is 22.0 Å². The number of hydrogen-bond acceptors (Lipinski definition) is 4. The van der Waals surface area contributed by atoms with Crippen molar-refractivity contribution in [1.29, 1.82) is 5.26 Å². The Morgan fingerprint density at radius 1 is 1.38 bits per heavy atom. The molecular formula is C17H14F5NO2S. The summed E-state index contributed by atoms with van der Waals surface area (Å²) in [7, 11) is 0. The van der Waals surface area contributed by atoms with Gasteiger partial charge < -0.3 is 9.84 Å². The van der Waals surface area contributed by atoms with Crippen molar-refractivity contribution < 1.29 is 31.8 Å². The van der Waals surface area contributed by atoms with Gasteiger partial charge in [0.05, 0.1) is 11.6 Å². The largest absolute Gasteiger partial charge is 0.486 e. The molecule has 1 saturated heterocycles. The molecule has 1 aromatic rings. The van der Waals surface area contributed by atoms with E-state index in [0.717, 1.165) is 18.2 Å². The van der Waals surface area contributed by atoms with Gasteiger partial charge in [-0.2, -0.15) is 14.0 Å². The lowest BCUT2D eigenvalue weighted by atomic mass is 9.98. The minimum Gasteiger partial charge on any atom is -0.486 e. The topological polar surface area (TPSA) is 53.2 Å². The second kappa shape index (κ2) is 7.68. The van der Waals surface area contributed by atoms with Crippen LogP contribution >= 0.6 is 11.8 Å². The van der Waals surface area contributed by atoms with E-state index in [0.29, 0.717) is 0 Å². The number of ether oxygens (including phenoxy) is 1. The molecule has 0 aromatic heterocycles. The summed E-state index contributed by atoms with van der Waals surface area (Å²) in [5.41, 5.74) is -1.50. The normalized spacial score (nSPS) is 23.8. The highest BCUT2D eigenvalue weighted by molar-refractivity contribution is 8.04. The summed E-state index contributed by atoms with van der Waals surface area (Å²) in [6.45, 7) is 2.56. The van der Waals surface area contributed by atoms with Crippen LogP contribution in [0.1, 0.15) is 19.4 Å². The van der Waals surface area contributed by atoms with E-state index in [9.17, 15) is 27.1 Å². The van der Waals surface area contributed by atoms with Gasteiger partial charge in [0.15, 0.2) is 6.10 Å². The van der Waals surface area contributed by atoms with Crippen LogP contribution in [0.2, 0.25) is 0 Å². The summed E-state index contributed by atoms with van der Waals surface area (Å²) in [4.78, 5) is -0.176. The van der Waals surface area contributed by atoms with Gasteiger partial charge in [-0.05, 0) is 37.7 Å². The van der Waals surface area contributed by atoms with Gasteiger partial charge in [-0.1, -0.05) is 6.08 Å². The van der Waals surface area contributed by atoms with E-state index in [4.69, 9.17) is 10.00 Å². The van der Waals surface area contributed by atoms with E-state index in [1.807, 2.05) is 0 Å². The minimum absolute atomic E-state index is 0.0100. The quantitative estimate of drug-likeness (QED) is 0.761. The molecule has 2 rings (SSSR count). The molecule has 1 aliphatic heterocycles. The first kappa shape index (κ1) is 20.3. The maximum Gasteiger partial charge on any atom is 0.327 e. The van der Waals surface area contributed by atoms with E-state index < -0.39 is 40.9 Å². The average Bonchev–Trinajstić information content (AvgIpc) is 2.77. The molecule has 0 radical (unpaired) electrons. The SMILES string of the molecule is C/C=C1/SC(F)(F)C(O)/C1=C(\C(F)F)C(C)Oc1cc(F)cc(C#N)c1. The zero-order chi connectivity index (χ0) is 19.6. The Balaban J connectivity index is 2.47. The third kappa shape index (κ3) is 4.02. The molecule has 0 aliphatic carbocycles. The Labute approximate surface area is 150 Å². The van der Waals surface area contributed by atoms with Gasteiger partial charge in [0.25, 0.3) is 6.43 Å². The van der Waals surface area contributed by atoms with Crippen LogP contribution in [0.25, 0.3) is 0 Å². The molecule has 1 aromatic carbocycles. The molecule has 2 atom stereocenters. The number of allylic oxidation sites excluding steroid dienone is 1. The summed E-state index contributed by atoms with van der Waals surface area (Å²) < 4.78 is 73.5. The van der Waals surface area contributed by atoms with Gasteiger partial charge in [0.2, 0.25) is 0 Å². The van der Waals surface area contributed by atoms with E-state index >= 15 is 0 Å². The fraction of sp³-hybridized carbons (Fsp3) is 0.353. The van der Waals surface area contributed by atoms with Gasteiger partial charge >= 0.3 is 5.25 Å². The van der Waals surface area contributed by atoms with E-state index in [2.05, 4.69) is 0 Å². The molecule has 9 heteroatoms. The molecule has 0 amide bonds. The van der Waals surface area contributed by atoms with Crippen LogP contribution in [0.5, 0.6) is 5.75 Å². The summed E-state index contributed by atoms with van der Waals surface area (Å²) in [5.74, 6) is -1.02. The van der Waals surface area contributed by atoms with Gasteiger partial charge in [0.1, 0.15) is 17.7 Å². The number of alkyl halides is 4. The minimum atomic E-state index is -3.65. The molecule has 0 bridgehead atoms. The van der Waals surface area contributed by atoms with Crippen molar-refractivity contribution in [1.82, 2.24) is 0 Å². The third-order valence-corrected chi connectivity index (χ3v) is 4.83. The first-order valence-corrected chi connectivity index (χ1v) is 8.23. The summed E-state index contributed by atoms with van der Waals surface area (Å²) in [6, 6.07) is 4.64. The fourth-order valence-electron chi connectivity index (χ4n) is 2.55.